The van der Waals surface area contributed by atoms with Crippen molar-refractivity contribution in [2.24, 2.45) is 5.73 Å². The van der Waals surface area contributed by atoms with Crippen LogP contribution in [0, 0.1) is 6.92 Å². The van der Waals surface area contributed by atoms with Crippen molar-refractivity contribution in [1.29, 1.82) is 0 Å². The van der Waals surface area contributed by atoms with E-state index in [0.717, 1.165) is 35.7 Å². The highest BCUT2D eigenvalue weighted by Crippen LogP contribution is 2.25. The molecule has 2 aromatic heterocycles. The Bertz CT molecular complexity index is 710. The summed E-state index contributed by atoms with van der Waals surface area (Å²) < 4.78 is 5.65. The number of amides is 3. The first-order valence-corrected chi connectivity index (χ1v) is 8.63. The van der Waals surface area contributed by atoms with E-state index < -0.39 is 5.91 Å². The average Bonchev–Trinajstić information content (AvgIpc) is 3.16. The number of urea groups is 1. The predicted octanol–water partition coefficient (Wildman–Crippen LogP) is 3.54. The van der Waals surface area contributed by atoms with Gasteiger partial charge in [0.05, 0.1) is 12.2 Å². The van der Waals surface area contributed by atoms with Crippen molar-refractivity contribution in [1.82, 2.24) is 9.88 Å². The number of nitrogens with one attached hydrogen (secondary N) is 1. The van der Waals surface area contributed by atoms with E-state index in [1.807, 2.05) is 26.0 Å². The van der Waals surface area contributed by atoms with Crippen LogP contribution in [0.3, 0.4) is 0 Å². The molecule has 8 heteroatoms. The van der Waals surface area contributed by atoms with Crippen LogP contribution < -0.4 is 11.1 Å². The van der Waals surface area contributed by atoms with E-state index in [4.69, 9.17) is 10.2 Å². The lowest BCUT2D eigenvalue weighted by atomic mass is 10.2. The summed E-state index contributed by atoms with van der Waals surface area (Å²) in [6, 6.07) is 3.26. The minimum atomic E-state index is -0.560. The Hall–Kier alpha value is -2.35. The number of hydrogen-bond donors (Lipinski definition) is 2. The van der Waals surface area contributed by atoms with Crippen molar-refractivity contribution >= 4 is 28.4 Å². The summed E-state index contributed by atoms with van der Waals surface area (Å²) in [7, 11) is 0. The van der Waals surface area contributed by atoms with Gasteiger partial charge in [0.15, 0.2) is 5.13 Å². The molecule has 0 fully saturated rings. The molecule has 0 aliphatic heterocycles. The summed E-state index contributed by atoms with van der Waals surface area (Å²) in [6.07, 6.45) is 3.21. The quantitative estimate of drug-likeness (QED) is 0.797. The molecule has 0 aliphatic rings. The van der Waals surface area contributed by atoms with Gasteiger partial charge < -0.3 is 15.1 Å². The van der Waals surface area contributed by atoms with Gasteiger partial charge in [-0.3, -0.25) is 10.1 Å². The maximum absolute atomic E-state index is 12.6. The number of anilines is 1. The van der Waals surface area contributed by atoms with Crippen LogP contribution in [0.2, 0.25) is 0 Å². The zero-order chi connectivity index (χ0) is 17.7. The van der Waals surface area contributed by atoms with Crippen molar-refractivity contribution in [2.45, 2.75) is 39.7 Å². The minimum Gasteiger partial charge on any atom is -0.464 e. The molecule has 7 nitrogen and oxygen atoms in total. The maximum Gasteiger partial charge on any atom is 0.324 e. The third-order valence-electron chi connectivity index (χ3n) is 3.62. The molecule has 130 valence electrons. The van der Waals surface area contributed by atoms with Gasteiger partial charge in [-0.1, -0.05) is 24.7 Å². The van der Waals surface area contributed by atoms with E-state index in [-0.39, 0.29) is 12.1 Å². The number of nitrogens with zero attached hydrogens (tertiary/aromatic N) is 2. The number of unbranched alkanes of at least 4 members (excludes halogenated alkanes) is 1. The zero-order valence-electron chi connectivity index (χ0n) is 14.0. The van der Waals surface area contributed by atoms with Crippen molar-refractivity contribution in [3.8, 4) is 0 Å². The van der Waals surface area contributed by atoms with Crippen molar-refractivity contribution in [2.75, 3.05) is 11.9 Å². The summed E-state index contributed by atoms with van der Waals surface area (Å²) in [5.74, 6) is 0.977. The van der Waals surface area contributed by atoms with E-state index in [1.165, 1.54) is 6.20 Å². The number of aromatic nitrogens is 1. The van der Waals surface area contributed by atoms with Crippen LogP contribution in [0.1, 0.15) is 53.9 Å². The lowest BCUT2D eigenvalue weighted by Gasteiger charge is -2.27. The first-order valence-electron chi connectivity index (χ1n) is 7.82. The second-order valence-electron chi connectivity index (χ2n) is 5.50. The normalized spacial score (nSPS) is 12.0. The largest absolute Gasteiger partial charge is 0.464 e. The number of carbonyl (C=O) groups is 2. The van der Waals surface area contributed by atoms with Gasteiger partial charge in [-0.25, -0.2) is 9.78 Å². The first kappa shape index (κ1) is 18.0. The lowest BCUT2D eigenvalue weighted by Crippen LogP contribution is -2.37. The fraction of sp³-hybridized carbons (Fsp3) is 0.438. The lowest BCUT2D eigenvalue weighted by molar-refractivity contribution is 0.100. The summed E-state index contributed by atoms with van der Waals surface area (Å²) in [5.41, 5.74) is 5.21. The number of rotatable bonds is 7. The summed E-state index contributed by atoms with van der Waals surface area (Å²) in [4.78, 5) is 29.8. The summed E-state index contributed by atoms with van der Waals surface area (Å²) >= 11 is 1.05. The Labute approximate surface area is 144 Å². The molecule has 1 unspecified atom stereocenters. The average molecular weight is 350 g/mol. The molecule has 0 spiro atoms. The Morgan fingerprint density at radius 1 is 1.46 bits per heavy atom. The van der Waals surface area contributed by atoms with Crippen LogP contribution in [0.5, 0.6) is 0 Å². The number of hydrogen-bond acceptors (Lipinski definition) is 5. The van der Waals surface area contributed by atoms with Crippen LogP contribution in [0.15, 0.2) is 22.7 Å². The van der Waals surface area contributed by atoms with Crippen LogP contribution in [-0.2, 0) is 0 Å². The molecule has 2 heterocycles. The van der Waals surface area contributed by atoms with Gasteiger partial charge in [0.2, 0.25) is 0 Å². The summed E-state index contributed by atoms with van der Waals surface area (Å²) in [6.45, 7) is 6.45. The second kappa shape index (κ2) is 7.96. The molecule has 0 bridgehead atoms. The van der Waals surface area contributed by atoms with Crippen molar-refractivity contribution in [3.63, 3.8) is 0 Å². The van der Waals surface area contributed by atoms with Crippen LogP contribution in [0.25, 0.3) is 0 Å². The Morgan fingerprint density at radius 2 is 2.21 bits per heavy atom. The number of thiazole rings is 1. The Kier molecular flexibility index (Phi) is 5.97. The number of furan rings is 1. The standard InChI is InChI=1S/C16H22N4O3S/c1-4-5-8-20(11(3)12-7-6-10(2)23-12)16(22)19-15-18-9-13(24-15)14(17)21/h6-7,9,11H,4-5,8H2,1-3H3,(H2,17,21)(H,18,19,22). The molecule has 2 rings (SSSR count). The zero-order valence-corrected chi connectivity index (χ0v) is 14.9. The predicted molar refractivity (Wildman–Crippen MR) is 93.1 cm³/mol. The topological polar surface area (TPSA) is 101 Å². The molecular weight excluding hydrogens is 328 g/mol. The first-order chi connectivity index (χ1) is 11.4. The molecule has 0 radical (unpaired) electrons. The van der Waals surface area contributed by atoms with Crippen molar-refractivity contribution in [3.05, 3.63) is 34.7 Å². The fourth-order valence-electron chi connectivity index (χ4n) is 2.24. The van der Waals surface area contributed by atoms with Gasteiger partial charge in [0.1, 0.15) is 16.4 Å². The van der Waals surface area contributed by atoms with Crippen LogP contribution >= 0.6 is 11.3 Å². The van der Waals surface area contributed by atoms with Gasteiger partial charge >= 0.3 is 6.03 Å². The third kappa shape index (κ3) is 4.35. The molecule has 0 aliphatic carbocycles. The summed E-state index contributed by atoms with van der Waals surface area (Å²) in [5, 5.41) is 3.07. The number of carbonyl (C=O) groups excluding carboxylic acids is 2. The van der Waals surface area contributed by atoms with E-state index >= 15 is 0 Å². The molecule has 3 N–H and O–H groups in total. The Balaban J connectivity index is 2.13. The van der Waals surface area contributed by atoms with E-state index in [9.17, 15) is 9.59 Å². The van der Waals surface area contributed by atoms with Gasteiger partial charge in [0.25, 0.3) is 5.91 Å². The maximum atomic E-state index is 12.6. The molecule has 3 amide bonds. The highest BCUT2D eigenvalue weighted by molar-refractivity contribution is 7.17. The van der Waals surface area contributed by atoms with E-state index in [1.54, 1.807) is 4.90 Å². The van der Waals surface area contributed by atoms with Gasteiger partial charge in [0, 0.05) is 6.54 Å². The highest BCUT2D eigenvalue weighted by atomic mass is 32.1. The molecule has 0 aromatic carbocycles. The van der Waals surface area contributed by atoms with Crippen LogP contribution in [-0.4, -0.2) is 28.4 Å². The SMILES string of the molecule is CCCCN(C(=O)Nc1ncc(C(N)=O)s1)C(C)c1ccc(C)o1. The molecular formula is C16H22N4O3S. The minimum absolute atomic E-state index is 0.208. The molecule has 0 saturated heterocycles. The Morgan fingerprint density at radius 3 is 2.75 bits per heavy atom. The van der Waals surface area contributed by atoms with Gasteiger partial charge in [-0.15, -0.1) is 0 Å². The van der Waals surface area contributed by atoms with Gasteiger partial charge in [-0.05, 0) is 32.4 Å². The molecule has 0 saturated carbocycles. The molecule has 2 aromatic rings. The van der Waals surface area contributed by atoms with E-state index in [2.05, 4.69) is 17.2 Å². The van der Waals surface area contributed by atoms with Gasteiger partial charge in [-0.2, -0.15) is 0 Å². The second-order valence-corrected chi connectivity index (χ2v) is 6.53. The monoisotopic (exact) mass is 350 g/mol. The number of aryl methyl sites for hydroxylation is 1. The molecule has 24 heavy (non-hydrogen) atoms. The van der Waals surface area contributed by atoms with Crippen molar-refractivity contribution < 1.29 is 14.0 Å². The molecule has 1 atom stereocenters. The van der Waals surface area contributed by atoms with Crippen LogP contribution in [0.4, 0.5) is 9.93 Å². The smallest absolute Gasteiger partial charge is 0.324 e. The number of primary amides is 1. The third-order valence-corrected chi connectivity index (χ3v) is 4.54. The fourth-order valence-corrected chi connectivity index (χ4v) is 2.90. The van der Waals surface area contributed by atoms with E-state index in [0.29, 0.717) is 16.6 Å². The highest BCUT2D eigenvalue weighted by Gasteiger charge is 2.24. The number of nitrogens with two attached hydrogens (primary N) is 1.